The van der Waals surface area contributed by atoms with Gasteiger partial charge >= 0.3 is 0 Å². The molecule has 2 rings (SSSR count). The van der Waals surface area contributed by atoms with Gasteiger partial charge in [0.2, 0.25) is 0 Å². The van der Waals surface area contributed by atoms with E-state index in [0.717, 1.165) is 9.35 Å². The topological polar surface area (TPSA) is 65.2 Å². The lowest BCUT2D eigenvalue weighted by atomic mass is 10.1. The van der Waals surface area contributed by atoms with Crippen molar-refractivity contribution in [3.8, 4) is 5.75 Å². The maximum atomic E-state index is 11.6. The highest BCUT2D eigenvalue weighted by atomic mass is 79.9. The molecule has 0 saturated carbocycles. The number of carbonyl (C=O) groups excluding carboxylic acids is 1. The first-order valence-electron chi connectivity index (χ1n) is 5.18. The van der Waals surface area contributed by atoms with Crippen molar-refractivity contribution in [1.29, 1.82) is 0 Å². The second-order valence-electron chi connectivity index (χ2n) is 3.68. The van der Waals surface area contributed by atoms with Gasteiger partial charge in [-0.05, 0) is 19.1 Å². The standard InChI is InChI=1S/C12H11BrN2O2S/c1-7(16)10-2-8(13)3-11(14)12(10)17-5-9-4-15-6-18-9/h2-4,6H,5,14H2,1H3. The molecule has 4 nitrogen and oxygen atoms in total. The summed E-state index contributed by atoms with van der Waals surface area (Å²) in [6, 6.07) is 3.43. The van der Waals surface area contributed by atoms with Crippen LogP contribution in [0, 0.1) is 0 Å². The van der Waals surface area contributed by atoms with Gasteiger partial charge in [-0.2, -0.15) is 0 Å². The summed E-state index contributed by atoms with van der Waals surface area (Å²) < 4.78 is 6.39. The van der Waals surface area contributed by atoms with Crippen LogP contribution in [-0.2, 0) is 6.61 Å². The first-order valence-corrected chi connectivity index (χ1v) is 6.85. The van der Waals surface area contributed by atoms with Gasteiger partial charge in [0, 0.05) is 10.7 Å². The third-order valence-corrected chi connectivity index (χ3v) is 3.51. The van der Waals surface area contributed by atoms with Crippen LogP contribution in [0.3, 0.4) is 0 Å². The molecule has 2 N–H and O–H groups in total. The summed E-state index contributed by atoms with van der Waals surface area (Å²) in [7, 11) is 0. The van der Waals surface area contributed by atoms with Gasteiger partial charge in [0.15, 0.2) is 11.5 Å². The second kappa shape index (κ2) is 5.49. The minimum atomic E-state index is -0.0812. The summed E-state index contributed by atoms with van der Waals surface area (Å²) in [6.45, 7) is 1.84. The van der Waals surface area contributed by atoms with Gasteiger partial charge in [-0.3, -0.25) is 9.78 Å². The SMILES string of the molecule is CC(=O)c1cc(Br)cc(N)c1OCc1cncs1. The summed E-state index contributed by atoms with van der Waals surface area (Å²) >= 11 is 4.80. The first kappa shape index (κ1) is 13.0. The smallest absolute Gasteiger partial charge is 0.163 e. The van der Waals surface area contributed by atoms with Crippen LogP contribution in [0.5, 0.6) is 5.75 Å². The Bertz CT molecular complexity index is 570. The van der Waals surface area contributed by atoms with Crippen molar-refractivity contribution in [2.24, 2.45) is 0 Å². The molecule has 1 heterocycles. The zero-order valence-electron chi connectivity index (χ0n) is 9.64. The lowest BCUT2D eigenvalue weighted by Crippen LogP contribution is -2.04. The van der Waals surface area contributed by atoms with Gasteiger partial charge in [-0.1, -0.05) is 15.9 Å². The van der Waals surface area contributed by atoms with E-state index in [1.165, 1.54) is 18.3 Å². The normalized spacial score (nSPS) is 10.3. The lowest BCUT2D eigenvalue weighted by molar-refractivity contribution is 0.101. The van der Waals surface area contributed by atoms with E-state index in [0.29, 0.717) is 23.6 Å². The number of anilines is 1. The maximum absolute atomic E-state index is 11.6. The summed E-state index contributed by atoms with van der Waals surface area (Å²) in [4.78, 5) is 16.5. The number of hydrogen-bond donors (Lipinski definition) is 1. The molecule has 2 aromatic rings. The zero-order chi connectivity index (χ0) is 13.1. The molecule has 0 aliphatic rings. The van der Waals surface area contributed by atoms with Crippen molar-refractivity contribution in [2.45, 2.75) is 13.5 Å². The van der Waals surface area contributed by atoms with Crippen molar-refractivity contribution in [3.05, 3.63) is 38.8 Å². The molecular formula is C12H11BrN2O2S. The van der Waals surface area contributed by atoms with Crippen LogP contribution < -0.4 is 10.5 Å². The summed E-state index contributed by atoms with van der Waals surface area (Å²) in [5.74, 6) is 0.349. The summed E-state index contributed by atoms with van der Waals surface area (Å²) in [5.41, 5.74) is 8.53. The van der Waals surface area contributed by atoms with E-state index in [1.807, 2.05) is 0 Å². The van der Waals surface area contributed by atoms with E-state index in [9.17, 15) is 4.79 Å². The van der Waals surface area contributed by atoms with E-state index < -0.39 is 0 Å². The molecule has 0 saturated heterocycles. The Morgan fingerprint density at radius 2 is 2.33 bits per heavy atom. The number of carbonyl (C=O) groups is 1. The second-order valence-corrected chi connectivity index (χ2v) is 5.57. The fourth-order valence-corrected chi connectivity index (χ4v) is 2.48. The van der Waals surface area contributed by atoms with Gasteiger partial charge in [0.1, 0.15) is 6.61 Å². The number of ether oxygens (including phenoxy) is 1. The molecule has 0 amide bonds. The van der Waals surface area contributed by atoms with Gasteiger partial charge in [-0.25, -0.2) is 0 Å². The molecule has 0 fully saturated rings. The van der Waals surface area contributed by atoms with Crippen LogP contribution in [0.4, 0.5) is 5.69 Å². The van der Waals surface area contributed by atoms with Crippen LogP contribution in [0.25, 0.3) is 0 Å². The Balaban J connectivity index is 2.28. The summed E-state index contributed by atoms with van der Waals surface area (Å²) in [6.07, 6.45) is 1.73. The number of halogens is 1. The minimum Gasteiger partial charge on any atom is -0.485 e. The minimum absolute atomic E-state index is 0.0812. The molecule has 0 unspecified atom stereocenters. The monoisotopic (exact) mass is 326 g/mol. The number of nitrogens with zero attached hydrogens (tertiary/aromatic N) is 1. The molecule has 0 aliphatic carbocycles. The average molecular weight is 327 g/mol. The Morgan fingerprint density at radius 1 is 1.56 bits per heavy atom. The molecule has 1 aromatic carbocycles. The molecule has 6 heteroatoms. The largest absolute Gasteiger partial charge is 0.485 e. The van der Waals surface area contributed by atoms with Crippen LogP contribution in [0.1, 0.15) is 22.2 Å². The van der Waals surface area contributed by atoms with E-state index in [4.69, 9.17) is 10.5 Å². The van der Waals surface area contributed by atoms with Crippen molar-refractivity contribution < 1.29 is 9.53 Å². The highest BCUT2D eigenvalue weighted by molar-refractivity contribution is 9.10. The van der Waals surface area contributed by atoms with Crippen molar-refractivity contribution in [3.63, 3.8) is 0 Å². The number of aromatic nitrogens is 1. The number of Topliss-reactive ketones (excluding diaryl/α,β-unsaturated/α-hetero) is 1. The quantitative estimate of drug-likeness (QED) is 0.691. The van der Waals surface area contributed by atoms with E-state index in [2.05, 4.69) is 20.9 Å². The molecule has 0 aliphatic heterocycles. The van der Waals surface area contributed by atoms with Crippen LogP contribution in [0.15, 0.2) is 28.3 Å². The number of hydrogen-bond acceptors (Lipinski definition) is 5. The number of thiazole rings is 1. The molecule has 1 aromatic heterocycles. The van der Waals surface area contributed by atoms with Crippen molar-refractivity contribution >= 4 is 38.7 Å². The molecule has 18 heavy (non-hydrogen) atoms. The number of nitrogens with two attached hydrogens (primary N) is 1. The highest BCUT2D eigenvalue weighted by Crippen LogP contribution is 2.31. The molecule has 0 radical (unpaired) electrons. The Labute approximate surface area is 117 Å². The highest BCUT2D eigenvalue weighted by Gasteiger charge is 2.14. The van der Waals surface area contributed by atoms with Gasteiger partial charge in [0.05, 0.1) is 21.6 Å². The van der Waals surface area contributed by atoms with Crippen LogP contribution in [-0.4, -0.2) is 10.8 Å². The van der Waals surface area contributed by atoms with E-state index in [-0.39, 0.29) is 5.78 Å². The fraction of sp³-hybridized carbons (Fsp3) is 0.167. The molecule has 94 valence electrons. The Kier molecular flexibility index (Phi) is 3.98. The number of ketones is 1. The third kappa shape index (κ3) is 2.88. The first-order chi connectivity index (χ1) is 8.58. The lowest BCUT2D eigenvalue weighted by Gasteiger charge is -2.12. The van der Waals surface area contributed by atoms with Crippen LogP contribution in [0.2, 0.25) is 0 Å². The van der Waals surface area contributed by atoms with Crippen molar-refractivity contribution in [2.75, 3.05) is 5.73 Å². The average Bonchev–Trinajstić information content (AvgIpc) is 2.79. The molecular weight excluding hydrogens is 316 g/mol. The van der Waals surface area contributed by atoms with Gasteiger partial charge in [-0.15, -0.1) is 11.3 Å². The Hall–Kier alpha value is -1.40. The van der Waals surface area contributed by atoms with Gasteiger partial charge in [0.25, 0.3) is 0 Å². The number of benzene rings is 1. The zero-order valence-corrected chi connectivity index (χ0v) is 12.0. The fourth-order valence-electron chi connectivity index (χ4n) is 1.49. The third-order valence-electron chi connectivity index (χ3n) is 2.30. The van der Waals surface area contributed by atoms with Crippen molar-refractivity contribution in [1.82, 2.24) is 4.98 Å². The molecule has 0 spiro atoms. The van der Waals surface area contributed by atoms with E-state index in [1.54, 1.807) is 23.8 Å². The maximum Gasteiger partial charge on any atom is 0.163 e. The van der Waals surface area contributed by atoms with E-state index >= 15 is 0 Å². The number of rotatable bonds is 4. The molecule has 0 bridgehead atoms. The predicted octanol–water partition coefficient (Wildman–Crippen LogP) is 3.27. The van der Waals surface area contributed by atoms with Crippen LogP contribution >= 0.6 is 27.3 Å². The number of nitrogen functional groups attached to an aromatic ring is 1. The predicted molar refractivity (Wildman–Crippen MR) is 75.0 cm³/mol. The summed E-state index contributed by atoms with van der Waals surface area (Å²) in [5, 5.41) is 0. The Morgan fingerprint density at radius 3 is 2.94 bits per heavy atom. The van der Waals surface area contributed by atoms with Gasteiger partial charge < -0.3 is 10.5 Å². The molecule has 0 atom stereocenters.